The van der Waals surface area contributed by atoms with Crippen LogP contribution in [0, 0.1) is 6.92 Å². The van der Waals surface area contributed by atoms with Crippen LogP contribution in [0.15, 0.2) is 71.6 Å². The van der Waals surface area contributed by atoms with Crippen LogP contribution in [0.5, 0.6) is 0 Å². The van der Waals surface area contributed by atoms with E-state index in [0.717, 1.165) is 0 Å². The Kier molecular flexibility index (Phi) is 7.32. The highest BCUT2D eigenvalue weighted by Crippen LogP contribution is 2.25. The molecule has 3 aromatic rings. The number of hydrogen-bond donors (Lipinski definition) is 2. The summed E-state index contributed by atoms with van der Waals surface area (Å²) in [5.41, 5.74) is 0.923. The lowest BCUT2D eigenvalue weighted by molar-refractivity contribution is 0.0587. The highest BCUT2D eigenvalue weighted by molar-refractivity contribution is 7.92. The molecule has 0 atom stereocenters. The quantitative estimate of drug-likeness (QED) is 0.492. The van der Waals surface area contributed by atoms with E-state index in [1.54, 1.807) is 25.1 Å². The molecule has 1 amide bonds. The second-order valence-corrected chi connectivity index (χ2v) is 8.78. The van der Waals surface area contributed by atoms with E-state index < -0.39 is 27.9 Å². The fourth-order valence-electron chi connectivity index (χ4n) is 3.17. The number of hydrogen-bond acceptors (Lipinski definition) is 7. The largest absolute Gasteiger partial charge is 0.465 e. The van der Waals surface area contributed by atoms with Gasteiger partial charge in [-0.25, -0.2) is 18.0 Å². The fourth-order valence-corrected chi connectivity index (χ4v) is 4.31. The van der Waals surface area contributed by atoms with Crippen molar-refractivity contribution in [2.24, 2.45) is 0 Å². The number of methoxy groups -OCH3 is 2. The molecule has 0 heterocycles. The van der Waals surface area contributed by atoms with Gasteiger partial charge < -0.3 is 14.8 Å². The van der Waals surface area contributed by atoms with Crippen molar-refractivity contribution in [1.82, 2.24) is 0 Å². The van der Waals surface area contributed by atoms with Gasteiger partial charge >= 0.3 is 11.9 Å². The highest BCUT2D eigenvalue weighted by Gasteiger charge is 2.21. The van der Waals surface area contributed by atoms with Crippen LogP contribution >= 0.6 is 0 Å². The maximum Gasteiger partial charge on any atom is 0.339 e. The van der Waals surface area contributed by atoms with E-state index in [0.29, 0.717) is 5.56 Å². The average Bonchev–Trinajstić information content (AvgIpc) is 2.84. The van der Waals surface area contributed by atoms with E-state index in [-0.39, 0.29) is 33.0 Å². The van der Waals surface area contributed by atoms with Crippen LogP contribution in [-0.2, 0) is 19.5 Å². The molecule has 0 spiro atoms. The number of rotatable bonds is 7. The van der Waals surface area contributed by atoms with Gasteiger partial charge in [0.05, 0.1) is 41.6 Å². The van der Waals surface area contributed by atoms with Gasteiger partial charge in [0.1, 0.15) is 0 Å². The monoisotopic (exact) mass is 482 g/mol. The van der Waals surface area contributed by atoms with Gasteiger partial charge in [-0.1, -0.05) is 24.3 Å². The molecule has 0 saturated carbocycles. The molecule has 34 heavy (non-hydrogen) atoms. The third-order valence-corrected chi connectivity index (χ3v) is 6.35. The van der Waals surface area contributed by atoms with E-state index in [1.165, 1.54) is 62.8 Å². The topological polar surface area (TPSA) is 128 Å². The smallest absolute Gasteiger partial charge is 0.339 e. The number of carbonyl (C=O) groups excluding carboxylic acids is 3. The number of amides is 1. The van der Waals surface area contributed by atoms with Crippen molar-refractivity contribution >= 4 is 39.2 Å². The van der Waals surface area contributed by atoms with Crippen LogP contribution in [0.2, 0.25) is 0 Å². The predicted octanol–water partition coefficient (Wildman–Crippen LogP) is 3.62. The molecule has 3 rings (SSSR count). The summed E-state index contributed by atoms with van der Waals surface area (Å²) >= 11 is 0. The van der Waals surface area contributed by atoms with Gasteiger partial charge in [-0.05, 0) is 55.0 Å². The molecule has 0 aliphatic carbocycles. The Balaban J connectivity index is 1.94. The van der Waals surface area contributed by atoms with E-state index in [1.807, 2.05) is 0 Å². The fraction of sp³-hybridized carbons (Fsp3) is 0.125. The Labute approximate surface area is 196 Å². The molecule has 0 aromatic heterocycles. The molecule has 0 unspecified atom stereocenters. The molecule has 0 aliphatic rings. The molecule has 0 fully saturated rings. The van der Waals surface area contributed by atoms with Crippen molar-refractivity contribution in [2.75, 3.05) is 24.3 Å². The summed E-state index contributed by atoms with van der Waals surface area (Å²) in [7, 11) is -1.47. The lowest BCUT2D eigenvalue weighted by atomic mass is 10.0. The summed E-state index contributed by atoms with van der Waals surface area (Å²) in [6.45, 7) is 1.59. The molecule has 0 radical (unpaired) electrons. The Morgan fingerprint density at radius 2 is 1.44 bits per heavy atom. The number of sulfonamides is 1. The van der Waals surface area contributed by atoms with Crippen LogP contribution in [0.4, 0.5) is 11.4 Å². The van der Waals surface area contributed by atoms with Crippen molar-refractivity contribution in [3.05, 3.63) is 89.0 Å². The van der Waals surface area contributed by atoms with Crippen LogP contribution < -0.4 is 10.0 Å². The third kappa shape index (κ3) is 5.24. The number of ether oxygens (including phenoxy) is 2. The SMILES string of the molecule is COC(=O)c1ccc(C(=O)OC)c(NC(=O)c2cccc(NS(=O)(=O)c3ccccc3)c2C)c1. The first-order valence-corrected chi connectivity index (χ1v) is 11.5. The Hall–Kier alpha value is -4.18. The first-order chi connectivity index (χ1) is 16.2. The zero-order chi connectivity index (χ0) is 24.9. The number of carbonyl (C=O) groups is 3. The summed E-state index contributed by atoms with van der Waals surface area (Å²) in [5, 5.41) is 2.60. The van der Waals surface area contributed by atoms with Crippen LogP contribution in [0.3, 0.4) is 0 Å². The maximum absolute atomic E-state index is 13.1. The van der Waals surface area contributed by atoms with E-state index in [9.17, 15) is 22.8 Å². The third-order valence-electron chi connectivity index (χ3n) is 4.97. The lowest BCUT2D eigenvalue weighted by Gasteiger charge is -2.15. The molecule has 0 aliphatic heterocycles. The highest BCUT2D eigenvalue weighted by atomic mass is 32.2. The van der Waals surface area contributed by atoms with Crippen LogP contribution in [0.25, 0.3) is 0 Å². The first kappa shape index (κ1) is 24.5. The molecule has 0 saturated heterocycles. The molecular formula is C24H22N2O7S. The molecule has 10 heteroatoms. The minimum Gasteiger partial charge on any atom is -0.465 e. The number of nitrogens with one attached hydrogen (secondary N) is 2. The van der Waals surface area contributed by atoms with Gasteiger partial charge in [-0.3, -0.25) is 9.52 Å². The first-order valence-electron chi connectivity index (χ1n) is 9.97. The van der Waals surface area contributed by atoms with Crippen LogP contribution in [-0.4, -0.2) is 40.5 Å². The summed E-state index contributed by atoms with van der Waals surface area (Å²) in [4.78, 5) is 37.2. The van der Waals surface area contributed by atoms with Gasteiger partial charge in [-0.2, -0.15) is 0 Å². The minimum atomic E-state index is -3.87. The van der Waals surface area contributed by atoms with Crippen molar-refractivity contribution < 1.29 is 32.3 Å². The zero-order valence-electron chi connectivity index (χ0n) is 18.6. The van der Waals surface area contributed by atoms with Crippen LogP contribution in [0.1, 0.15) is 36.6 Å². The number of esters is 2. The van der Waals surface area contributed by atoms with Gasteiger partial charge in [0, 0.05) is 5.56 Å². The van der Waals surface area contributed by atoms with Crippen molar-refractivity contribution in [2.45, 2.75) is 11.8 Å². The molecule has 3 aromatic carbocycles. The van der Waals surface area contributed by atoms with Crippen molar-refractivity contribution in [1.29, 1.82) is 0 Å². The minimum absolute atomic E-state index is 0.0297. The molecule has 2 N–H and O–H groups in total. The maximum atomic E-state index is 13.1. The van der Waals surface area contributed by atoms with Crippen molar-refractivity contribution in [3.8, 4) is 0 Å². The number of benzene rings is 3. The van der Waals surface area contributed by atoms with Gasteiger partial charge in [-0.15, -0.1) is 0 Å². The summed E-state index contributed by atoms with van der Waals surface area (Å²) in [6.07, 6.45) is 0. The normalized spacial score (nSPS) is 10.8. The van der Waals surface area contributed by atoms with Gasteiger partial charge in [0.25, 0.3) is 15.9 Å². The molecule has 9 nitrogen and oxygen atoms in total. The standard InChI is InChI=1S/C24H22N2O7S/c1-15-18(10-7-11-20(15)26-34(30,31)17-8-5-4-6-9-17)22(27)25-21-14-16(23(28)32-2)12-13-19(21)24(29)33-3/h4-14,26H,1-3H3,(H,25,27). The summed E-state index contributed by atoms with van der Waals surface area (Å²) < 4.78 is 37.3. The second kappa shape index (κ2) is 10.2. The van der Waals surface area contributed by atoms with Gasteiger partial charge in [0.15, 0.2) is 0 Å². The molecular weight excluding hydrogens is 460 g/mol. The van der Waals surface area contributed by atoms with E-state index in [2.05, 4.69) is 10.0 Å². The summed E-state index contributed by atoms with van der Waals surface area (Å²) in [6, 6.07) is 16.4. The van der Waals surface area contributed by atoms with Gasteiger partial charge in [0.2, 0.25) is 0 Å². The lowest BCUT2D eigenvalue weighted by Crippen LogP contribution is -2.19. The zero-order valence-corrected chi connectivity index (χ0v) is 19.4. The Morgan fingerprint density at radius 3 is 2.09 bits per heavy atom. The van der Waals surface area contributed by atoms with E-state index in [4.69, 9.17) is 9.47 Å². The Bertz CT molecular complexity index is 1350. The molecule has 176 valence electrons. The molecule has 0 bridgehead atoms. The predicted molar refractivity (Wildman–Crippen MR) is 126 cm³/mol. The van der Waals surface area contributed by atoms with E-state index >= 15 is 0 Å². The number of anilines is 2. The second-order valence-electron chi connectivity index (χ2n) is 7.09. The van der Waals surface area contributed by atoms with Crippen molar-refractivity contribution in [3.63, 3.8) is 0 Å². The summed E-state index contributed by atoms with van der Waals surface area (Å²) in [5.74, 6) is -1.99. The average molecular weight is 483 g/mol. The Morgan fingerprint density at radius 1 is 0.765 bits per heavy atom.